The molecule has 0 aliphatic heterocycles. The van der Waals surface area contributed by atoms with Gasteiger partial charge in [0.05, 0.1) is 7.11 Å². The molecule has 0 radical (unpaired) electrons. The van der Waals surface area contributed by atoms with Crippen molar-refractivity contribution in [3.05, 3.63) is 0 Å². The van der Waals surface area contributed by atoms with Gasteiger partial charge in [0, 0.05) is 19.4 Å². The van der Waals surface area contributed by atoms with E-state index in [2.05, 4.69) is 10.1 Å². The van der Waals surface area contributed by atoms with Gasteiger partial charge in [0.2, 0.25) is 5.91 Å². The minimum absolute atomic E-state index is 0.113. The highest BCUT2D eigenvalue weighted by molar-refractivity contribution is 5.76. The minimum atomic E-state index is -0.217. The molecule has 1 fully saturated rings. The summed E-state index contributed by atoms with van der Waals surface area (Å²) in [4.78, 5) is 22.3. The van der Waals surface area contributed by atoms with Crippen molar-refractivity contribution in [3.8, 4) is 0 Å². The number of rotatable bonds is 7. The standard InChI is InChI=1S/C13H23NO3/c1-17-13(16)7-4-10-14-12(15)9-8-11-5-2-3-6-11/h11H,2-10H2,1H3,(H,14,15). The Labute approximate surface area is 103 Å². The maximum atomic E-state index is 11.5. The van der Waals surface area contributed by atoms with Crippen LogP contribution in [-0.4, -0.2) is 25.5 Å². The SMILES string of the molecule is COC(=O)CCCNC(=O)CCC1CCCC1. The lowest BCUT2D eigenvalue weighted by Crippen LogP contribution is -2.25. The molecule has 4 nitrogen and oxygen atoms in total. The molecule has 0 spiro atoms. The van der Waals surface area contributed by atoms with Gasteiger partial charge in [-0.15, -0.1) is 0 Å². The molecular formula is C13H23NO3. The Morgan fingerprint density at radius 1 is 1.24 bits per heavy atom. The van der Waals surface area contributed by atoms with Gasteiger partial charge in [-0.3, -0.25) is 9.59 Å². The van der Waals surface area contributed by atoms with Crippen LogP contribution in [0, 0.1) is 5.92 Å². The molecule has 0 heterocycles. The number of carbonyl (C=O) groups is 2. The first kappa shape index (κ1) is 14.0. The Kier molecular flexibility index (Phi) is 6.67. The molecule has 0 aromatic carbocycles. The fourth-order valence-electron chi connectivity index (χ4n) is 2.29. The fraction of sp³-hybridized carbons (Fsp3) is 0.846. The number of hydrogen-bond donors (Lipinski definition) is 1. The predicted octanol–water partition coefficient (Wildman–Crippen LogP) is 2.03. The smallest absolute Gasteiger partial charge is 0.305 e. The van der Waals surface area contributed by atoms with Gasteiger partial charge >= 0.3 is 5.97 Å². The van der Waals surface area contributed by atoms with Crippen molar-refractivity contribution in [2.24, 2.45) is 5.92 Å². The summed E-state index contributed by atoms with van der Waals surface area (Å²) in [5.41, 5.74) is 0. The number of methoxy groups -OCH3 is 1. The third-order valence-electron chi connectivity index (χ3n) is 3.36. The molecule has 1 aliphatic carbocycles. The molecule has 4 heteroatoms. The van der Waals surface area contributed by atoms with E-state index in [1.807, 2.05) is 0 Å². The molecule has 98 valence electrons. The molecule has 1 saturated carbocycles. The summed E-state index contributed by atoms with van der Waals surface area (Å²) < 4.78 is 4.52. The average Bonchev–Trinajstić information content (AvgIpc) is 2.84. The molecule has 17 heavy (non-hydrogen) atoms. The van der Waals surface area contributed by atoms with Crippen LogP contribution in [0.4, 0.5) is 0 Å². The van der Waals surface area contributed by atoms with Crippen molar-refractivity contribution in [2.45, 2.75) is 51.4 Å². The van der Waals surface area contributed by atoms with E-state index >= 15 is 0 Å². The van der Waals surface area contributed by atoms with E-state index in [0.29, 0.717) is 25.8 Å². The number of esters is 1. The topological polar surface area (TPSA) is 55.4 Å². The van der Waals surface area contributed by atoms with Gasteiger partial charge in [-0.05, 0) is 18.8 Å². The first-order chi connectivity index (χ1) is 8.22. The second-order valence-electron chi connectivity index (χ2n) is 4.72. The fourth-order valence-corrected chi connectivity index (χ4v) is 2.29. The lowest BCUT2D eigenvalue weighted by atomic mass is 10.0. The molecule has 1 rings (SSSR count). The average molecular weight is 241 g/mol. The summed E-state index contributed by atoms with van der Waals surface area (Å²) in [6.07, 6.45) is 7.90. The molecule has 0 aromatic rings. The van der Waals surface area contributed by atoms with Gasteiger partial charge in [0.25, 0.3) is 0 Å². The Hall–Kier alpha value is -1.06. The van der Waals surface area contributed by atoms with Crippen molar-refractivity contribution in [1.82, 2.24) is 5.32 Å². The minimum Gasteiger partial charge on any atom is -0.469 e. The van der Waals surface area contributed by atoms with E-state index in [4.69, 9.17) is 0 Å². The second kappa shape index (κ2) is 8.09. The van der Waals surface area contributed by atoms with Gasteiger partial charge in [-0.1, -0.05) is 25.7 Å². The zero-order valence-corrected chi connectivity index (χ0v) is 10.7. The lowest BCUT2D eigenvalue weighted by molar-refractivity contribution is -0.140. The third kappa shape index (κ3) is 6.29. The largest absolute Gasteiger partial charge is 0.469 e. The van der Waals surface area contributed by atoms with E-state index in [0.717, 1.165) is 12.3 Å². The summed E-state index contributed by atoms with van der Waals surface area (Å²) in [6.45, 7) is 0.568. The quantitative estimate of drug-likeness (QED) is 0.548. The molecule has 0 aromatic heterocycles. The van der Waals surface area contributed by atoms with E-state index in [-0.39, 0.29) is 11.9 Å². The van der Waals surface area contributed by atoms with Crippen LogP contribution < -0.4 is 5.32 Å². The Balaban J connectivity index is 1.95. The van der Waals surface area contributed by atoms with E-state index < -0.39 is 0 Å². The van der Waals surface area contributed by atoms with E-state index in [9.17, 15) is 9.59 Å². The van der Waals surface area contributed by atoms with Crippen LogP contribution in [0.2, 0.25) is 0 Å². The second-order valence-corrected chi connectivity index (χ2v) is 4.72. The zero-order valence-electron chi connectivity index (χ0n) is 10.7. The molecular weight excluding hydrogens is 218 g/mol. The summed E-state index contributed by atoms with van der Waals surface area (Å²) in [5, 5.41) is 2.84. The number of amides is 1. The Bertz CT molecular complexity index is 247. The first-order valence-corrected chi connectivity index (χ1v) is 6.56. The summed E-state index contributed by atoms with van der Waals surface area (Å²) in [6, 6.07) is 0. The number of nitrogens with one attached hydrogen (secondary N) is 1. The van der Waals surface area contributed by atoms with Crippen molar-refractivity contribution in [3.63, 3.8) is 0 Å². The molecule has 1 aliphatic rings. The first-order valence-electron chi connectivity index (χ1n) is 6.56. The van der Waals surface area contributed by atoms with Gasteiger partial charge < -0.3 is 10.1 Å². The Morgan fingerprint density at radius 3 is 2.59 bits per heavy atom. The normalized spacial score (nSPS) is 15.8. The van der Waals surface area contributed by atoms with Crippen molar-refractivity contribution >= 4 is 11.9 Å². The number of ether oxygens (including phenoxy) is 1. The molecule has 0 atom stereocenters. The summed E-state index contributed by atoms with van der Waals surface area (Å²) in [5.74, 6) is 0.655. The van der Waals surface area contributed by atoms with E-state index in [1.54, 1.807) is 0 Å². The van der Waals surface area contributed by atoms with Crippen LogP contribution in [0.5, 0.6) is 0 Å². The number of carbonyl (C=O) groups excluding carboxylic acids is 2. The predicted molar refractivity (Wildman–Crippen MR) is 65.5 cm³/mol. The van der Waals surface area contributed by atoms with Crippen LogP contribution in [0.3, 0.4) is 0 Å². The van der Waals surface area contributed by atoms with Crippen LogP contribution in [0.25, 0.3) is 0 Å². The zero-order chi connectivity index (χ0) is 12.5. The highest BCUT2D eigenvalue weighted by atomic mass is 16.5. The lowest BCUT2D eigenvalue weighted by Gasteiger charge is -2.08. The van der Waals surface area contributed by atoms with Crippen molar-refractivity contribution in [1.29, 1.82) is 0 Å². The number of hydrogen-bond acceptors (Lipinski definition) is 3. The molecule has 0 saturated heterocycles. The maximum Gasteiger partial charge on any atom is 0.305 e. The molecule has 0 bridgehead atoms. The third-order valence-corrected chi connectivity index (χ3v) is 3.36. The molecule has 0 unspecified atom stereocenters. The van der Waals surface area contributed by atoms with Crippen LogP contribution in [0.1, 0.15) is 51.4 Å². The van der Waals surface area contributed by atoms with E-state index in [1.165, 1.54) is 32.8 Å². The van der Waals surface area contributed by atoms with Gasteiger partial charge in [-0.2, -0.15) is 0 Å². The van der Waals surface area contributed by atoms with Gasteiger partial charge in [-0.25, -0.2) is 0 Å². The summed E-state index contributed by atoms with van der Waals surface area (Å²) in [7, 11) is 1.38. The molecule has 1 amide bonds. The highest BCUT2D eigenvalue weighted by Gasteiger charge is 2.15. The highest BCUT2D eigenvalue weighted by Crippen LogP contribution is 2.28. The molecule has 1 N–H and O–H groups in total. The van der Waals surface area contributed by atoms with Crippen molar-refractivity contribution in [2.75, 3.05) is 13.7 Å². The monoisotopic (exact) mass is 241 g/mol. The Morgan fingerprint density at radius 2 is 1.94 bits per heavy atom. The van der Waals surface area contributed by atoms with Gasteiger partial charge in [0.15, 0.2) is 0 Å². The van der Waals surface area contributed by atoms with Crippen molar-refractivity contribution < 1.29 is 14.3 Å². The van der Waals surface area contributed by atoms with Crippen LogP contribution in [-0.2, 0) is 14.3 Å². The van der Waals surface area contributed by atoms with Crippen LogP contribution >= 0.6 is 0 Å². The maximum absolute atomic E-state index is 11.5. The van der Waals surface area contributed by atoms with Gasteiger partial charge in [0.1, 0.15) is 0 Å². The van der Waals surface area contributed by atoms with Crippen LogP contribution in [0.15, 0.2) is 0 Å². The summed E-state index contributed by atoms with van der Waals surface area (Å²) >= 11 is 0.